The van der Waals surface area contributed by atoms with Crippen molar-refractivity contribution in [3.05, 3.63) is 52.5 Å². The van der Waals surface area contributed by atoms with E-state index < -0.39 is 0 Å². The molecule has 2 heterocycles. The molecule has 1 atom stereocenters. The number of nitrogens with one attached hydrogen (secondary N) is 1. The molecule has 1 amide bonds. The Bertz CT molecular complexity index is 716. The smallest absolute Gasteiger partial charge is 0.220 e. The van der Waals surface area contributed by atoms with Gasteiger partial charge in [-0.25, -0.2) is 4.39 Å². The van der Waals surface area contributed by atoms with E-state index >= 15 is 0 Å². The minimum absolute atomic E-state index is 0.0218. The van der Waals surface area contributed by atoms with Crippen LogP contribution in [-0.4, -0.2) is 31.3 Å². The summed E-state index contributed by atoms with van der Waals surface area (Å²) in [5.41, 5.74) is 1.01. The molecule has 2 aromatic rings. The second-order valence-electron chi connectivity index (χ2n) is 6.28. The molecule has 1 aromatic heterocycles. The lowest BCUT2D eigenvalue weighted by molar-refractivity contribution is -0.121. The summed E-state index contributed by atoms with van der Waals surface area (Å²) in [7, 11) is 0. The van der Waals surface area contributed by atoms with E-state index in [2.05, 4.69) is 10.2 Å². The van der Waals surface area contributed by atoms with Crippen LogP contribution in [0.3, 0.4) is 0 Å². The van der Waals surface area contributed by atoms with Crippen molar-refractivity contribution >= 4 is 28.7 Å². The van der Waals surface area contributed by atoms with Crippen molar-refractivity contribution in [3.8, 4) is 0 Å². The van der Waals surface area contributed by atoms with Gasteiger partial charge in [-0.2, -0.15) is 0 Å². The molecule has 0 saturated carbocycles. The molecule has 3 rings (SSSR count). The summed E-state index contributed by atoms with van der Waals surface area (Å²) in [6.07, 6.45) is 1.47. The first kappa shape index (κ1) is 17.6. The Morgan fingerprint density at radius 1 is 1.20 bits per heavy atom. The highest BCUT2D eigenvalue weighted by molar-refractivity contribution is 7.12. The number of thiophene rings is 1. The number of nitrogens with zero attached hydrogens (tertiary/aromatic N) is 1. The Morgan fingerprint density at radius 2 is 2.00 bits per heavy atom. The van der Waals surface area contributed by atoms with Gasteiger partial charge >= 0.3 is 0 Å². The Hall–Kier alpha value is -2.21. The highest BCUT2D eigenvalue weighted by atomic mass is 32.1. The van der Waals surface area contributed by atoms with Gasteiger partial charge in [0.15, 0.2) is 5.78 Å². The fraction of sp³-hybridized carbons (Fsp3) is 0.368. The van der Waals surface area contributed by atoms with E-state index in [1.165, 1.54) is 23.5 Å². The molecule has 6 heteroatoms. The quantitative estimate of drug-likeness (QED) is 0.769. The van der Waals surface area contributed by atoms with Crippen LogP contribution in [0.15, 0.2) is 41.8 Å². The van der Waals surface area contributed by atoms with Crippen molar-refractivity contribution in [1.29, 1.82) is 0 Å². The van der Waals surface area contributed by atoms with Crippen molar-refractivity contribution in [2.45, 2.75) is 19.3 Å². The highest BCUT2D eigenvalue weighted by Gasteiger charge is 2.23. The number of benzene rings is 1. The summed E-state index contributed by atoms with van der Waals surface area (Å²) in [6, 6.07) is 10.1. The molecular formula is C19H21FN2O2S. The van der Waals surface area contributed by atoms with E-state index in [9.17, 15) is 14.0 Å². The van der Waals surface area contributed by atoms with Crippen LogP contribution in [0.1, 0.15) is 28.9 Å². The summed E-state index contributed by atoms with van der Waals surface area (Å²) in [5.74, 6) is 0.0875. The van der Waals surface area contributed by atoms with Crippen molar-refractivity contribution < 1.29 is 14.0 Å². The molecule has 4 nitrogen and oxygen atoms in total. The first-order valence-electron chi connectivity index (χ1n) is 8.46. The standard InChI is InChI=1S/C19H21FN2O2S/c20-15-3-5-16(6-4-15)22-10-9-14(13-22)12-21-19(24)8-7-17(23)18-2-1-11-25-18/h1-6,11,14H,7-10,12-13H2,(H,21,24). The second-order valence-corrected chi connectivity index (χ2v) is 7.23. The maximum atomic E-state index is 13.0. The van der Waals surface area contributed by atoms with Crippen LogP contribution in [-0.2, 0) is 4.79 Å². The highest BCUT2D eigenvalue weighted by Crippen LogP contribution is 2.23. The largest absolute Gasteiger partial charge is 0.371 e. The van der Waals surface area contributed by atoms with Gasteiger partial charge in [-0.05, 0) is 48.1 Å². The normalized spacial score (nSPS) is 16.8. The third-order valence-electron chi connectivity index (χ3n) is 4.44. The summed E-state index contributed by atoms with van der Waals surface area (Å²) >= 11 is 1.41. The average Bonchev–Trinajstić information content (AvgIpc) is 3.30. The van der Waals surface area contributed by atoms with Gasteiger partial charge in [0.2, 0.25) is 5.91 Å². The summed E-state index contributed by atoms with van der Waals surface area (Å²) in [4.78, 5) is 26.8. The molecule has 0 aliphatic carbocycles. The van der Waals surface area contributed by atoms with Crippen molar-refractivity contribution in [3.63, 3.8) is 0 Å². The fourth-order valence-corrected chi connectivity index (χ4v) is 3.71. The third-order valence-corrected chi connectivity index (χ3v) is 5.35. The zero-order chi connectivity index (χ0) is 17.6. The molecule has 1 fully saturated rings. The molecule has 1 unspecified atom stereocenters. The lowest BCUT2D eigenvalue weighted by Gasteiger charge is -2.18. The molecule has 1 saturated heterocycles. The van der Waals surface area contributed by atoms with E-state index in [1.807, 2.05) is 11.4 Å². The van der Waals surface area contributed by atoms with Gasteiger partial charge in [-0.1, -0.05) is 6.07 Å². The van der Waals surface area contributed by atoms with Gasteiger partial charge in [-0.3, -0.25) is 9.59 Å². The molecule has 132 valence electrons. The fourth-order valence-electron chi connectivity index (χ4n) is 3.02. The molecule has 1 N–H and O–H groups in total. The molecule has 1 aliphatic rings. The predicted octanol–water partition coefficient (Wildman–Crippen LogP) is 3.49. The Labute approximate surface area is 150 Å². The van der Waals surface area contributed by atoms with Gasteiger partial charge < -0.3 is 10.2 Å². The van der Waals surface area contributed by atoms with Crippen LogP contribution in [0.4, 0.5) is 10.1 Å². The number of halogens is 1. The molecule has 0 spiro atoms. The number of hydrogen-bond acceptors (Lipinski definition) is 4. The maximum Gasteiger partial charge on any atom is 0.220 e. The van der Waals surface area contributed by atoms with Crippen LogP contribution in [0.5, 0.6) is 0 Å². The Morgan fingerprint density at radius 3 is 2.72 bits per heavy atom. The van der Waals surface area contributed by atoms with Crippen molar-refractivity contribution in [2.24, 2.45) is 5.92 Å². The van der Waals surface area contributed by atoms with Gasteiger partial charge in [0.05, 0.1) is 4.88 Å². The van der Waals surface area contributed by atoms with Gasteiger partial charge in [0.25, 0.3) is 0 Å². The summed E-state index contributed by atoms with van der Waals surface area (Å²) < 4.78 is 13.0. The maximum absolute atomic E-state index is 13.0. The van der Waals surface area contributed by atoms with Gasteiger partial charge in [0.1, 0.15) is 5.82 Å². The monoisotopic (exact) mass is 360 g/mol. The third kappa shape index (κ3) is 4.89. The lowest BCUT2D eigenvalue weighted by Crippen LogP contribution is -2.31. The number of ketones is 1. The number of amides is 1. The molecular weight excluding hydrogens is 339 g/mol. The number of carbonyl (C=O) groups excluding carboxylic acids is 2. The van der Waals surface area contributed by atoms with E-state index in [-0.39, 0.29) is 30.3 Å². The lowest BCUT2D eigenvalue weighted by atomic mass is 10.1. The first-order chi connectivity index (χ1) is 12.1. The van der Waals surface area contributed by atoms with Crippen LogP contribution >= 0.6 is 11.3 Å². The number of Topliss-reactive ketones (excluding diaryl/α,β-unsaturated/α-hetero) is 1. The minimum atomic E-state index is -0.233. The number of rotatable bonds is 7. The first-order valence-corrected chi connectivity index (χ1v) is 9.33. The topological polar surface area (TPSA) is 49.4 Å². The van der Waals surface area contributed by atoms with Crippen LogP contribution in [0, 0.1) is 11.7 Å². The molecule has 25 heavy (non-hydrogen) atoms. The van der Waals surface area contributed by atoms with Crippen molar-refractivity contribution in [1.82, 2.24) is 5.32 Å². The molecule has 0 radical (unpaired) electrons. The Kier molecular flexibility index (Phi) is 5.81. The number of hydrogen-bond donors (Lipinski definition) is 1. The van der Waals surface area contributed by atoms with Crippen LogP contribution < -0.4 is 10.2 Å². The zero-order valence-electron chi connectivity index (χ0n) is 13.9. The Balaban J connectivity index is 1.38. The van der Waals surface area contributed by atoms with Crippen LogP contribution in [0.2, 0.25) is 0 Å². The zero-order valence-corrected chi connectivity index (χ0v) is 14.7. The van der Waals surface area contributed by atoms with Crippen molar-refractivity contribution in [2.75, 3.05) is 24.5 Å². The van der Waals surface area contributed by atoms with E-state index in [0.717, 1.165) is 25.2 Å². The van der Waals surface area contributed by atoms with E-state index in [4.69, 9.17) is 0 Å². The molecule has 1 aliphatic heterocycles. The minimum Gasteiger partial charge on any atom is -0.371 e. The van der Waals surface area contributed by atoms with Crippen LogP contribution in [0.25, 0.3) is 0 Å². The van der Waals surface area contributed by atoms with Gasteiger partial charge in [-0.15, -0.1) is 11.3 Å². The number of anilines is 1. The number of carbonyl (C=O) groups is 2. The van der Waals surface area contributed by atoms with E-state index in [0.29, 0.717) is 17.3 Å². The molecule has 1 aromatic carbocycles. The summed E-state index contributed by atoms with van der Waals surface area (Å²) in [6.45, 7) is 2.37. The van der Waals surface area contributed by atoms with Gasteiger partial charge in [0, 0.05) is 38.2 Å². The SMILES string of the molecule is O=C(CCC(=O)c1cccs1)NCC1CCN(c2ccc(F)cc2)C1. The molecule has 0 bridgehead atoms. The van der Waals surface area contributed by atoms with E-state index in [1.54, 1.807) is 18.2 Å². The second kappa shape index (κ2) is 8.25. The predicted molar refractivity (Wildman–Crippen MR) is 97.6 cm³/mol. The average molecular weight is 360 g/mol. The summed E-state index contributed by atoms with van der Waals surface area (Å²) in [5, 5.41) is 4.79.